The molecule has 0 aliphatic carbocycles. The monoisotopic (exact) mass is 317 g/mol. The fourth-order valence-corrected chi connectivity index (χ4v) is 1.69. The van der Waals surface area contributed by atoms with Crippen molar-refractivity contribution in [3.63, 3.8) is 0 Å². The summed E-state index contributed by atoms with van der Waals surface area (Å²) in [5.74, 6) is 0.189. The minimum atomic E-state index is 0.189. The molecular formula is C12H16INO. The fraction of sp³-hybridized carbons (Fsp3) is 0.417. The van der Waals surface area contributed by atoms with Crippen LogP contribution in [-0.4, -0.2) is 18.9 Å². The van der Waals surface area contributed by atoms with E-state index in [0.717, 1.165) is 13.0 Å². The Hall–Kier alpha value is -0.420. The van der Waals surface area contributed by atoms with Gasteiger partial charge in [0.2, 0.25) is 0 Å². The minimum Gasteiger partial charge on any atom is -0.310 e. The molecule has 0 fully saturated rings. The van der Waals surface area contributed by atoms with E-state index in [0.29, 0.717) is 6.54 Å². The zero-order valence-corrected chi connectivity index (χ0v) is 11.3. The third-order valence-electron chi connectivity index (χ3n) is 2.19. The van der Waals surface area contributed by atoms with E-state index in [-0.39, 0.29) is 5.78 Å². The van der Waals surface area contributed by atoms with Crippen molar-refractivity contribution in [3.8, 4) is 0 Å². The van der Waals surface area contributed by atoms with Gasteiger partial charge in [-0.15, -0.1) is 0 Å². The number of nitrogens with one attached hydrogen (secondary N) is 1. The van der Waals surface area contributed by atoms with Crippen molar-refractivity contribution in [2.75, 3.05) is 13.1 Å². The van der Waals surface area contributed by atoms with E-state index in [1.807, 2.05) is 0 Å². The number of ketones is 1. The van der Waals surface area contributed by atoms with Crippen molar-refractivity contribution in [2.45, 2.75) is 20.3 Å². The molecule has 0 aliphatic rings. The van der Waals surface area contributed by atoms with Crippen LogP contribution in [-0.2, 0) is 11.2 Å². The van der Waals surface area contributed by atoms with Crippen molar-refractivity contribution in [3.05, 3.63) is 32.9 Å². The topological polar surface area (TPSA) is 29.1 Å². The SMILES string of the molecule is CC(=O)CNCCc1ccc(I)c(C)c1. The van der Waals surface area contributed by atoms with Crippen LogP contribution in [0.3, 0.4) is 0 Å². The van der Waals surface area contributed by atoms with Gasteiger partial charge in [-0.2, -0.15) is 0 Å². The van der Waals surface area contributed by atoms with E-state index in [1.54, 1.807) is 6.92 Å². The highest BCUT2D eigenvalue weighted by Gasteiger charge is 1.98. The molecular weight excluding hydrogens is 301 g/mol. The number of Topliss-reactive ketones (excluding diaryl/α,β-unsaturated/α-hetero) is 1. The van der Waals surface area contributed by atoms with E-state index in [1.165, 1.54) is 14.7 Å². The molecule has 1 aromatic rings. The Morgan fingerprint density at radius 3 is 2.80 bits per heavy atom. The number of carbonyl (C=O) groups is 1. The van der Waals surface area contributed by atoms with E-state index in [9.17, 15) is 4.79 Å². The maximum atomic E-state index is 10.7. The lowest BCUT2D eigenvalue weighted by molar-refractivity contribution is -0.116. The van der Waals surface area contributed by atoms with Gasteiger partial charge in [-0.25, -0.2) is 0 Å². The summed E-state index contributed by atoms with van der Waals surface area (Å²) in [6.07, 6.45) is 0.977. The smallest absolute Gasteiger partial charge is 0.143 e. The number of benzene rings is 1. The highest BCUT2D eigenvalue weighted by atomic mass is 127. The van der Waals surface area contributed by atoms with Gasteiger partial charge in [0.15, 0.2) is 0 Å². The predicted molar refractivity (Wildman–Crippen MR) is 71.2 cm³/mol. The number of aryl methyl sites for hydroxylation is 1. The second-order valence-corrected chi connectivity index (χ2v) is 4.87. The standard InChI is InChI=1S/C12H16INO/c1-9-7-11(3-4-12(9)13)5-6-14-8-10(2)15/h3-4,7,14H,5-6,8H2,1-2H3. The highest BCUT2D eigenvalue weighted by Crippen LogP contribution is 2.13. The Labute approximate surface area is 105 Å². The van der Waals surface area contributed by atoms with Gasteiger partial charge in [0, 0.05) is 3.57 Å². The molecule has 0 saturated carbocycles. The van der Waals surface area contributed by atoms with Gasteiger partial charge in [0.25, 0.3) is 0 Å². The van der Waals surface area contributed by atoms with E-state index in [4.69, 9.17) is 0 Å². The molecule has 0 heterocycles. The zero-order valence-electron chi connectivity index (χ0n) is 9.14. The van der Waals surface area contributed by atoms with Gasteiger partial charge in [0.05, 0.1) is 6.54 Å². The molecule has 0 spiro atoms. The largest absolute Gasteiger partial charge is 0.310 e. The van der Waals surface area contributed by atoms with Crippen molar-refractivity contribution >= 4 is 28.4 Å². The van der Waals surface area contributed by atoms with Crippen LogP contribution < -0.4 is 5.32 Å². The molecule has 15 heavy (non-hydrogen) atoms. The third-order valence-corrected chi connectivity index (χ3v) is 3.40. The van der Waals surface area contributed by atoms with E-state index >= 15 is 0 Å². The summed E-state index contributed by atoms with van der Waals surface area (Å²) in [6, 6.07) is 6.48. The summed E-state index contributed by atoms with van der Waals surface area (Å²) in [6.45, 7) is 5.05. The van der Waals surface area contributed by atoms with Crippen LogP contribution in [0, 0.1) is 10.5 Å². The van der Waals surface area contributed by atoms with Crippen molar-refractivity contribution in [1.29, 1.82) is 0 Å². The van der Waals surface area contributed by atoms with Crippen LogP contribution >= 0.6 is 22.6 Å². The molecule has 0 amide bonds. The summed E-state index contributed by atoms with van der Waals surface area (Å²) in [4.78, 5) is 10.7. The molecule has 3 heteroatoms. The molecule has 0 radical (unpaired) electrons. The van der Waals surface area contributed by atoms with Gasteiger partial charge in [-0.05, 0) is 66.6 Å². The van der Waals surface area contributed by atoms with Gasteiger partial charge >= 0.3 is 0 Å². The van der Waals surface area contributed by atoms with Crippen LogP contribution in [0.25, 0.3) is 0 Å². The molecule has 82 valence electrons. The molecule has 0 aliphatic heterocycles. The van der Waals surface area contributed by atoms with Crippen molar-refractivity contribution < 1.29 is 4.79 Å². The molecule has 0 bridgehead atoms. The lowest BCUT2D eigenvalue weighted by Crippen LogP contribution is -2.23. The highest BCUT2D eigenvalue weighted by molar-refractivity contribution is 14.1. The van der Waals surface area contributed by atoms with Crippen LogP contribution in [0.2, 0.25) is 0 Å². The van der Waals surface area contributed by atoms with E-state index in [2.05, 4.69) is 53.0 Å². The number of carbonyl (C=O) groups excluding carboxylic acids is 1. The van der Waals surface area contributed by atoms with Gasteiger partial charge < -0.3 is 5.32 Å². The van der Waals surface area contributed by atoms with E-state index < -0.39 is 0 Å². The minimum absolute atomic E-state index is 0.189. The van der Waals surface area contributed by atoms with Gasteiger partial charge in [-0.1, -0.05) is 12.1 Å². The molecule has 0 aromatic heterocycles. The summed E-state index contributed by atoms with van der Waals surface area (Å²) in [5, 5.41) is 3.12. The third kappa shape index (κ3) is 4.75. The number of hydrogen-bond donors (Lipinski definition) is 1. The average Bonchev–Trinajstić information content (AvgIpc) is 2.18. The summed E-state index contributed by atoms with van der Waals surface area (Å²) in [7, 11) is 0. The summed E-state index contributed by atoms with van der Waals surface area (Å²) < 4.78 is 1.30. The second-order valence-electron chi connectivity index (χ2n) is 3.71. The lowest BCUT2D eigenvalue weighted by Gasteiger charge is -2.05. The normalized spacial score (nSPS) is 10.3. The van der Waals surface area contributed by atoms with Crippen molar-refractivity contribution in [2.24, 2.45) is 0 Å². The molecule has 1 rings (SSSR count). The first kappa shape index (κ1) is 12.6. The Morgan fingerprint density at radius 1 is 1.47 bits per heavy atom. The Kier molecular flexibility index (Phi) is 5.25. The molecule has 1 aromatic carbocycles. The molecule has 1 N–H and O–H groups in total. The quantitative estimate of drug-likeness (QED) is 0.667. The molecule has 2 nitrogen and oxygen atoms in total. The average molecular weight is 317 g/mol. The Balaban J connectivity index is 2.38. The van der Waals surface area contributed by atoms with Crippen molar-refractivity contribution in [1.82, 2.24) is 5.32 Å². The fourth-order valence-electron chi connectivity index (χ4n) is 1.36. The zero-order chi connectivity index (χ0) is 11.3. The lowest BCUT2D eigenvalue weighted by atomic mass is 10.1. The van der Waals surface area contributed by atoms with Crippen LogP contribution in [0.5, 0.6) is 0 Å². The Morgan fingerprint density at radius 2 is 2.20 bits per heavy atom. The maximum absolute atomic E-state index is 10.7. The van der Waals surface area contributed by atoms with Crippen LogP contribution in [0.1, 0.15) is 18.1 Å². The van der Waals surface area contributed by atoms with Crippen LogP contribution in [0.4, 0.5) is 0 Å². The second kappa shape index (κ2) is 6.23. The predicted octanol–water partition coefficient (Wildman–Crippen LogP) is 2.32. The first-order valence-electron chi connectivity index (χ1n) is 5.05. The number of halogens is 1. The summed E-state index contributed by atoms with van der Waals surface area (Å²) >= 11 is 2.33. The number of hydrogen-bond acceptors (Lipinski definition) is 2. The maximum Gasteiger partial charge on any atom is 0.143 e. The summed E-state index contributed by atoms with van der Waals surface area (Å²) in [5.41, 5.74) is 2.64. The first-order valence-corrected chi connectivity index (χ1v) is 6.12. The van der Waals surface area contributed by atoms with Crippen LogP contribution in [0.15, 0.2) is 18.2 Å². The Bertz CT molecular complexity index is 349. The van der Waals surface area contributed by atoms with Gasteiger partial charge in [-0.3, -0.25) is 4.79 Å². The molecule has 0 saturated heterocycles. The number of rotatable bonds is 5. The first-order chi connectivity index (χ1) is 7.09. The molecule has 0 unspecified atom stereocenters. The molecule has 0 atom stereocenters. The van der Waals surface area contributed by atoms with Gasteiger partial charge in [0.1, 0.15) is 5.78 Å².